The van der Waals surface area contributed by atoms with Crippen molar-refractivity contribution in [1.29, 1.82) is 0 Å². The number of benzene rings is 1. The molecule has 0 aliphatic heterocycles. The van der Waals surface area contributed by atoms with Gasteiger partial charge in [0.2, 0.25) is 5.91 Å². The van der Waals surface area contributed by atoms with Crippen LogP contribution < -0.4 is 15.5 Å². The van der Waals surface area contributed by atoms with Crippen LogP contribution in [0.5, 0.6) is 0 Å². The lowest BCUT2D eigenvalue weighted by Crippen LogP contribution is -3.08. The smallest absolute Gasteiger partial charge is 0.275 e. The van der Waals surface area contributed by atoms with Crippen LogP contribution in [-0.4, -0.2) is 39.0 Å². The Balaban J connectivity index is 2.39. The predicted octanol–water partition coefficient (Wildman–Crippen LogP) is -0.783. The summed E-state index contributed by atoms with van der Waals surface area (Å²) in [5, 5.41) is 5.70. The fourth-order valence-electron chi connectivity index (χ4n) is 1.63. The van der Waals surface area contributed by atoms with E-state index in [-0.39, 0.29) is 18.4 Å². The Kier molecular flexibility index (Phi) is 6.32. The molecule has 0 heterocycles. The zero-order chi connectivity index (χ0) is 14.3. The largest absolute Gasteiger partial charge is 0.358 e. The van der Waals surface area contributed by atoms with Crippen LogP contribution >= 0.6 is 11.6 Å². The first-order valence-electron chi connectivity index (χ1n) is 6.05. The summed E-state index contributed by atoms with van der Waals surface area (Å²) in [6.07, 6.45) is 0. The average molecular weight is 285 g/mol. The minimum absolute atomic E-state index is 0.00864. The predicted molar refractivity (Wildman–Crippen MR) is 74.0 cm³/mol. The van der Waals surface area contributed by atoms with E-state index in [0.717, 1.165) is 10.5 Å². The first kappa shape index (κ1) is 15.5. The third kappa shape index (κ3) is 5.72. The quantitative estimate of drug-likeness (QED) is 0.642. The van der Waals surface area contributed by atoms with Gasteiger partial charge < -0.3 is 15.5 Å². The molecule has 0 spiro atoms. The van der Waals surface area contributed by atoms with E-state index in [4.69, 9.17) is 11.6 Å². The van der Waals surface area contributed by atoms with Gasteiger partial charge in [-0.2, -0.15) is 0 Å². The van der Waals surface area contributed by atoms with Crippen molar-refractivity contribution in [1.82, 2.24) is 10.6 Å². The monoisotopic (exact) mass is 284 g/mol. The highest BCUT2D eigenvalue weighted by molar-refractivity contribution is 6.31. The standard InChI is InChI=1S/C13H18ClN3O2/c1-15-12(18)7-16-13(19)9-17(2)8-10-5-3-4-6-11(10)14/h3-6H,7-9H2,1-2H3,(H,15,18)(H,16,19)/p+1. The van der Waals surface area contributed by atoms with Crippen LogP contribution in [0.15, 0.2) is 24.3 Å². The van der Waals surface area contributed by atoms with E-state index in [1.165, 1.54) is 7.05 Å². The molecule has 104 valence electrons. The van der Waals surface area contributed by atoms with Gasteiger partial charge in [-0.3, -0.25) is 9.59 Å². The Bertz CT molecular complexity index is 451. The first-order chi connectivity index (χ1) is 9.02. The molecular formula is C13H19ClN3O2+. The van der Waals surface area contributed by atoms with Gasteiger partial charge in [-0.05, 0) is 6.07 Å². The highest BCUT2D eigenvalue weighted by Crippen LogP contribution is 2.13. The van der Waals surface area contributed by atoms with E-state index >= 15 is 0 Å². The molecule has 0 radical (unpaired) electrons. The molecule has 1 atom stereocenters. The number of carbonyl (C=O) groups is 2. The summed E-state index contributed by atoms with van der Waals surface area (Å²) in [5.41, 5.74) is 1.00. The lowest BCUT2D eigenvalue weighted by Gasteiger charge is -2.14. The number of halogens is 1. The Morgan fingerprint density at radius 1 is 1.26 bits per heavy atom. The van der Waals surface area contributed by atoms with Gasteiger partial charge >= 0.3 is 0 Å². The third-order valence-electron chi connectivity index (χ3n) is 2.64. The van der Waals surface area contributed by atoms with Crippen LogP contribution in [0.4, 0.5) is 0 Å². The Morgan fingerprint density at radius 2 is 1.95 bits per heavy atom. The summed E-state index contributed by atoms with van der Waals surface area (Å²) in [6, 6.07) is 7.56. The maximum Gasteiger partial charge on any atom is 0.275 e. The van der Waals surface area contributed by atoms with E-state index in [1.807, 2.05) is 31.3 Å². The number of quaternary nitrogens is 1. The molecule has 6 heteroatoms. The fourth-order valence-corrected chi connectivity index (χ4v) is 1.84. The first-order valence-corrected chi connectivity index (χ1v) is 6.42. The number of hydrogen-bond acceptors (Lipinski definition) is 2. The van der Waals surface area contributed by atoms with Crippen molar-refractivity contribution < 1.29 is 14.5 Å². The van der Waals surface area contributed by atoms with Crippen LogP contribution in [0.3, 0.4) is 0 Å². The van der Waals surface area contributed by atoms with E-state index in [0.29, 0.717) is 18.1 Å². The Morgan fingerprint density at radius 3 is 2.58 bits per heavy atom. The lowest BCUT2D eigenvalue weighted by molar-refractivity contribution is -0.885. The molecule has 0 fully saturated rings. The van der Waals surface area contributed by atoms with E-state index < -0.39 is 0 Å². The maximum absolute atomic E-state index is 11.6. The topological polar surface area (TPSA) is 62.6 Å². The number of rotatable bonds is 6. The second-order valence-corrected chi connectivity index (χ2v) is 4.76. The minimum Gasteiger partial charge on any atom is -0.358 e. The maximum atomic E-state index is 11.6. The van der Waals surface area contributed by atoms with Gasteiger partial charge in [-0.25, -0.2) is 0 Å². The van der Waals surface area contributed by atoms with Crippen LogP contribution in [0.1, 0.15) is 5.56 Å². The SMILES string of the molecule is CNC(=O)CNC(=O)C[NH+](C)Cc1ccccc1Cl. The number of nitrogens with one attached hydrogen (secondary N) is 3. The van der Waals surface area contributed by atoms with Crippen molar-refractivity contribution in [2.24, 2.45) is 0 Å². The molecule has 5 nitrogen and oxygen atoms in total. The molecule has 3 N–H and O–H groups in total. The molecule has 0 aliphatic rings. The van der Waals surface area contributed by atoms with Crippen molar-refractivity contribution in [2.45, 2.75) is 6.54 Å². The van der Waals surface area contributed by atoms with Crippen molar-refractivity contribution in [3.63, 3.8) is 0 Å². The number of likely N-dealkylation sites (N-methyl/N-ethyl adjacent to an activating group) is 2. The Hall–Kier alpha value is -1.59. The normalized spacial score (nSPS) is 11.7. The van der Waals surface area contributed by atoms with Gasteiger partial charge in [0.15, 0.2) is 6.54 Å². The zero-order valence-electron chi connectivity index (χ0n) is 11.1. The molecule has 1 rings (SSSR count). The molecule has 1 aromatic rings. The van der Waals surface area contributed by atoms with E-state index in [1.54, 1.807) is 0 Å². The molecule has 0 aliphatic carbocycles. The van der Waals surface area contributed by atoms with Gasteiger partial charge in [0.05, 0.1) is 13.6 Å². The molecule has 1 unspecified atom stereocenters. The molecule has 19 heavy (non-hydrogen) atoms. The minimum atomic E-state index is -0.211. The summed E-state index contributed by atoms with van der Waals surface area (Å²) in [6.45, 7) is 0.962. The van der Waals surface area contributed by atoms with Gasteiger partial charge in [-0.15, -0.1) is 0 Å². The second-order valence-electron chi connectivity index (χ2n) is 4.35. The number of hydrogen-bond donors (Lipinski definition) is 3. The highest BCUT2D eigenvalue weighted by Gasteiger charge is 2.12. The van der Waals surface area contributed by atoms with Crippen molar-refractivity contribution in [3.05, 3.63) is 34.9 Å². The van der Waals surface area contributed by atoms with Gasteiger partial charge in [0.25, 0.3) is 5.91 Å². The van der Waals surface area contributed by atoms with Gasteiger partial charge in [0, 0.05) is 17.6 Å². The fraction of sp³-hybridized carbons (Fsp3) is 0.385. The lowest BCUT2D eigenvalue weighted by atomic mass is 10.2. The van der Waals surface area contributed by atoms with Gasteiger partial charge in [-0.1, -0.05) is 29.8 Å². The van der Waals surface area contributed by atoms with E-state index in [2.05, 4.69) is 10.6 Å². The van der Waals surface area contributed by atoms with Crippen LogP contribution in [0.2, 0.25) is 5.02 Å². The van der Waals surface area contributed by atoms with Crippen molar-refractivity contribution >= 4 is 23.4 Å². The molecule has 0 saturated carbocycles. The second kappa shape index (κ2) is 7.76. The third-order valence-corrected chi connectivity index (χ3v) is 3.01. The Labute approximate surface area is 117 Å². The van der Waals surface area contributed by atoms with Gasteiger partial charge in [0.1, 0.15) is 6.54 Å². The number of carbonyl (C=O) groups excluding carboxylic acids is 2. The number of amides is 2. The highest BCUT2D eigenvalue weighted by atomic mass is 35.5. The van der Waals surface area contributed by atoms with Crippen molar-refractivity contribution in [3.8, 4) is 0 Å². The molecule has 2 amide bonds. The summed E-state index contributed by atoms with van der Waals surface area (Å²) >= 11 is 6.06. The molecule has 0 saturated heterocycles. The van der Waals surface area contributed by atoms with Crippen LogP contribution in [-0.2, 0) is 16.1 Å². The van der Waals surface area contributed by atoms with Crippen LogP contribution in [0, 0.1) is 0 Å². The van der Waals surface area contributed by atoms with Crippen LogP contribution in [0.25, 0.3) is 0 Å². The molecule has 0 bridgehead atoms. The average Bonchev–Trinajstić information content (AvgIpc) is 2.38. The van der Waals surface area contributed by atoms with E-state index in [9.17, 15) is 9.59 Å². The molecule has 0 aromatic heterocycles. The zero-order valence-corrected chi connectivity index (χ0v) is 11.9. The molecule has 1 aromatic carbocycles. The summed E-state index contributed by atoms with van der Waals surface area (Å²) in [5.74, 6) is -0.370. The summed E-state index contributed by atoms with van der Waals surface area (Å²) in [7, 11) is 3.44. The summed E-state index contributed by atoms with van der Waals surface area (Å²) in [4.78, 5) is 23.6. The summed E-state index contributed by atoms with van der Waals surface area (Å²) < 4.78 is 0. The molecular weight excluding hydrogens is 266 g/mol. The van der Waals surface area contributed by atoms with Crippen molar-refractivity contribution in [2.75, 3.05) is 27.2 Å².